The summed E-state index contributed by atoms with van der Waals surface area (Å²) >= 11 is 0. The number of carbonyl (C=O) groups excluding carboxylic acids is 5. The van der Waals surface area contributed by atoms with Crippen LogP contribution in [0.2, 0.25) is 0 Å². The highest BCUT2D eigenvalue weighted by atomic mass is 16.7. The summed E-state index contributed by atoms with van der Waals surface area (Å²) in [7, 11) is 0. The largest absolute Gasteiger partial charge is 0.462 e. The Morgan fingerprint density at radius 3 is 2.49 bits per heavy atom. The van der Waals surface area contributed by atoms with Gasteiger partial charge in [-0.15, -0.1) is 0 Å². The topological polar surface area (TPSA) is 135 Å². The summed E-state index contributed by atoms with van der Waals surface area (Å²) < 4.78 is 29.2. The van der Waals surface area contributed by atoms with E-state index < -0.39 is 35.0 Å². The van der Waals surface area contributed by atoms with Gasteiger partial charge in [-0.2, -0.15) is 0 Å². The van der Waals surface area contributed by atoms with E-state index in [4.69, 9.17) is 23.7 Å². The van der Waals surface area contributed by atoms with Crippen molar-refractivity contribution in [2.45, 2.75) is 103 Å². The second kappa shape index (κ2) is 9.49. The Kier molecular flexibility index (Phi) is 6.35. The molecule has 43 heavy (non-hydrogen) atoms. The molecule has 5 aliphatic carbocycles. The smallest absolute Gasteiger partial charge is 0.337 e. The van der Waals surface area contributed by atoms with E-state index in [1.807, 2.05) is 6.92 Å². The zero-order valence-corrected chi connectivity index (χ0v) is 25.4. The van der Waals surface area contributed by atoms with Crippen LogP contribution in [0.4, 0.5) is 0 Å². The molecule has 10 heteroatoms. The van der Waals surface area contributed by atoms with Gasteiger partial charge in [0.25, 0.3) is 0 Å². The predicted octanol–water partition coefficient (Wildman–Crippen LogP) is 3.40. The standard InChI is InChI=1S/C33H40O10/c1-15-10-24(42-30(38)22(15)13-39-17(3)34)16(2)21-11-25(40-18(4)35)29-20(21)8-9-31-14-32(31)26(37)6-7-27(41-19(5)36)33(32)28(43-33)12-23(29)31/h6-7,16,20-21,23-25,27-29H,8-14H2,1-5H3. The molecule has 0 N–H and O–H groups in total. The first kappa shape index (κ1) is 28.7. The molecule has 0 aromatic carbocycles. The minimum Gasteiger partial charge on any atom is -0.462 e. The van der Waals surface area contributed by atoms with Crippen LogP contribution in [0.1, 0.15) is 73.1 Å². The van der Waals surface area contributed by atoms with Gasteiger partial charge in [0.05, 0.1) is 17.1 Å². The molecule has 4 saturated carbocycles. The molecule has 12 unspecified atom stereocenters. The number of ether oxygens (including phenoxy) is 5. The van der Waals surface area contributed by atoms with Crippen molar-refractivity contribution in [3.05, 3.63) is 23.3 Å². The van der Waals surface area contributed by atoms with Gasteiger partial charge in [-0.3, -0.25) is 19.2 Å². The van der Waals surface area contributed by atoms with Crippen LogP contribution in [0.3, 0.4) is 0 Å². The van der Waals surface area contributed by atoms with Gasteiger partial charge in [0.15, 0.2) is 11.9 Å². The van der Waals surface area contributed by atoms with Crippen molar-refractivity contribution in [3.8, 4) is 0 Å². The van der Waals surface area contributed by atoms with Crippen LogP contribution in [0.5, 0.6) is 0 Å². The Bertz CT molecular complexity index is 1380. The fourth-order valence-corrected chi connectivity index (χ4v) is 10.7. The summed E-state index contributed by atoms with van der Waals surface area (Å²) in [6.45, 7) is 8.06. The molecule has 12 atom stereocenters. The van der Waals surface area contributed by atoms with E-state index in [-0.39, 0.29) is 71.7 Å². The van der Waals surface area contributed by atoms with Crippen molar-refractivity contribution >= 4 is 29.7 Å². The lowest BCUT2D eigenvalue weighted by molar-refractivity contribution is -0.157. The normalized spacial score (nSPS) is 45.8. The van der Waals surface area contributed by atoms with Crippen molar-refractivity contribution in [3.63, 3.8) is 0 Å². The van der Waals surface area contributed by atoms with Crippen LogP contribution in [-0.4, -0.2) is 66.3 Å². The molecule has 2 heterocycles. The molecule has 1 saturated heterocycles. The number of epoxide rings is 1. The number of allylic oxidation sites excluding steroid dienone is 1. The van der Waals surface area contributed by atoms with Gasteiger partial charge in [-0.1, -0.05) is 12.5 Å². The number of hydrogen-bond donors (Lipinski definition) is 0. The van der Waals surface area contributed by atoms with Crippen molar-refractivity contribution in [1.82, 2.24) is 0 Å². The van der Waals surface area contributed by atoms with Gasteiger partial charge in [0.2, 0.25) is 0 Å². The van der Waals surface area contributed by atoms with Gasteiger partial charge in [0, 0.05) is 33.1 Å². The number of rotatable bonds is 6. The molecule has 7 rings (SSSR count). The Morgan fingerprint density at radius 2 is 1.81 bits per heavy atom. The van der Waals surface area contributed by atoms with E-state index in [1.54, 1.807) is 12.2 Å². The maximum atomic E-state index is 13.7. The Balaban J connectivity index is 1.16. The van der Waals surface area contributed by atoms with Crippen LogP contribution in [0.25, 0.3) is 0 Å². The Morgan fingerprint density at radius 1 is 1.07 bits per heavy atom. The van der Waals surface area contributed by atoms with Gasteiger partial charge in [-0.25, -0.2) is 4.79 Å². The third kappa shape index (κ3) is 3.83. The molecular formula is C33H40O10. The van der Waals surface area contributed by atoms with Crippen LogP contribution in [0, 0.1) is 40.4 Å². The molecule has 2 aliphatic heterocycles. The zero-order valence-electron chi connectivity index (χ0n) is 25.4. The summed E-state index contributed by atoms with van der Waals surface area (Å²) in [6.07, 6.45) is 6.29. The molecule has 232 valence electrons. The van der Waals surface area contributed by atoms with E-state index in [0.717, 1.165) is 24.8 Å². The lowest BCUT2D eigenvalue weighted by Gasteiger charge is -2.50. The number of carbonyl (C=O) groups is 5. The monoisotopic (exact) mass is 596 g/mol. The summed E-state index contributed by atoms with van der Waals surface area (Å²) in [5, 5.41) is 0. The summed E-state index contributed by atoms with van der Waals surface area (Å²) in [5.74, 6) is -0.943. The van der Waals surface area contributed by atoms with Crippen LogP contribution < -0.4 is 0 Å². The highest BCUT2D eigenvalue weighted by Crippen LogP contribution is 2.88. The number of cyclic esters (lactones) is 1. The van der Waals surface area contributed by atoms with E-state index in [9.17, 15) is 24.0 Å². The predicted molar refractivity (Wildman–Crippen MR) is 148 cm³/mol. The number of fused-ring (bicyclic) bond motifs is 2. The molecule has 3 spiro atoms. The van der Waals surface area contributed by atoms with Gasteiger partial charge in [-0.05, 0) is 80.3 Å². The van der Waals surface area contributed by atoms with E-state index in [0.29, 0.717) is 24.8 Å². The number of esters is 4. The Hall–Kier alpha value is -3.01. The molecule has 0 aromatic heterocycles. The van der Waals surface area contributed by atoms with Crippen molar-refractivity contribution in [1.29, 1.82) is 0 Å². The first-order valence-corrected chi connectivity index (χ1v) is 15.6. The first-order chi connectivity index (χ1) is 20.4. The van der Waals surface area contributed by atoms with Crippen LogP contribution in [0.15, 0.2) is 23.3 Å². The maximum Gasteiger partial charge on any atom is 0.337 e. The fraction of sp³-hybridized carbons (Fsp3) is 0.727. The third-order valence-corrected chi connectivity index (χ3v) is 12.4. The summed E-state index contributed by atoms with van der Waals surface area (Å²) in [4.78, 5) is 62.3. The molecular weight excluding hydrogens is 556 g/mol. The Labute approximate surface area is 250 Å². The van der Waals surface area contributed by atoms with Gasteiger partial charge >= 0.3 is 23.9 Å². The molecule has 0 amide bonds. The third-order valence-electron chi connectivity index (χ3n) is 12.4. The zero-order chi connectivity index (χ0) is 30.6. The second-order valence-corrected chi connectivity index (χ2v) is 14.1. The molecule has 5 fully saturated rings. The maximum absolute atomic E-state index is 13.7. The van der Waals surface area contributed by atoms with E-state index in [1.165, 1.54) is 20.8 Å². The summed E-state index contributed by atoms with van der Waals surface area (Å²) in [5.41, 5.74) is -0.520. The highest BCUT2D eigenvalue weighted by molar-refractivity contribution is 6.02. The SMILES string of the molecule is CC(=O)OCC1=C(C)CC(C(C)C2CC(OC(C)=O)C3C2CCC24CC25C(=O)C=CC(OC(C)=O)C52OC2CC34)OC1=O. The van der Waals surface area contributed by atoms with E-state index in [2.05, 4.69) is 6.92 Å². The number of hydrogen-bond acceptors (Lipinski definition) is 10. The first-order valence-electron chi connectivity index (χ1n) is 15.6. The lowest BCUT2D eigenvalue weighted by atomic mass is 9.52. The summed E-state index contributed by atoms with van der Waals surface area (Å²) in [6, 6.07) is 0. The van der Waals surface area contributed by atoms with Gasteiger partial charge in [0.1, 0.15) is 24.4 Å². The van der Waals surface area contributed by atoms with Crippen LogP contribution in [-0.2, 0) is 47.7 Å². The molecule has 0 bridgehead atoms. The number of ketones is 1. The quantitative estimate of drug-likeness (QED) is 0.255. The van der Waals surface area contributed by atoms with Crippen molar-refractivity contribution < 1.29 is 47.7 Å². The lowest BCUT2D eigenvalue weighted by Crippen LogP contribution is -2.57. The fourth-order valence-electron chi connectivity index (χ4n) is 10.7. The molecule has 10 nitrogen and oxygen atoms in total. The van der Waals surface area contributed by atoms with Crippen LogP contribution >= 0.6 is 0 Å². The van der Waals surface area contributed by atoms with E-state index >= 15 is 0 Å². The molecule has 0 aromatic rings. The molecule has 7 aliphatic rings. The average molecular weight is 597 g/mol. The van der Waals surface area contributed by atoms with Crippen molar-refractivity contribution in [2.24, 2.45) is 40.4 Å². The second-order valence-electron chi connectivity index (χ2n) is 14.1. The highest BCUT2D eigenvalue weighted by Gasteiger charge is 2.94. The average Bonchev–Trinajstić information content (AvgIpc) is 3.78. The minimum atomic E-state index is -0.792. The molecule has 0 radical (unpaired) electrons. The minimum absolute atomic E-state index is 0.0110. The van der Waals surface area contributed by atoms with Gasteiger partial charge < -0.3 is 23.7 Å². The van der Waals surface area contributed by atoms with Crippen molar-refractivity contribution in [2.75, 3.05) is 6.61 Å².